The van der Waals surface area contributed by atoms with Crippen molar-refractivity contribution in [3.05, 3.63) is 198 Å². The molecule has 2 aromatic heterocycles. The van der Waals surface area contributed by atoms with Gasteiger partial charge in [0.15, 0.2) is 0 Å². The van der Waals surface area contributed by atoms with Crippen LogP contribution in [0.1, 0.15) is 22.3 Å². The van der Waals surface area contributed by atoms with E-state index in [2.05, 4.69) is 189 Å². The molecule has 274 valence electrons. The van der Waals surface area contributed by atoms with Crippen molar-refractivity contribution < 1.29 is 0 Å². The van der Waals surface area contributed by atoms with Crippen molar-refractivity contribution in [1.82, 2.24) is 15.4 Å². The van der Waals surface area contributed by atoms with Crippen LogP contribution in [-0.2, 0) is 6.42 Å². The zero-order chi connectivity index (χ0) is 38.7. The Hall–Kier alpha value is -6.71. The Morgan fingerprint density at radius 3 is 1.71 bits per heavy atom. The van der Waals surface area contributed by atoms with Gasteiger partial charge < -0.3 is 0 Å². The molecular weight excluding hydrogens is 770 g/mol. The standard InChI is InChI=1S/C54H37N3Se/c1-33-34(2)48(44-32-38-24-12-13-25-39(38)50(44)47(33)35-18-6-3-7-19-35)43-30-31-46-52(42-28-16-17-29-45(42)58-46)51(43)40-26-14-15-27-41(40)54-49(36-20-8-4-9-21-36)53(55-57-56-54)37-22-10-5-11-23-37/h3-31H,32H2,1-2H3. The van der Waals surface area contributed by atoms with Crippen molar-refractivity contribution in [1.29, 1.82) is 0 Å². The summed E-state index contributed by atoms with van der Waals surface area (Å²) in [5.74, 6) is 0. The first-order valence-corrected chi connectivity index (χ1v) is 21.6. The van der Waals surface area contributed by atoms with Gasteiger partial charge >= 0.3 is 346 Å². The molecule has 4 heteroatoms. The van der Waals surface area contributed by atoms with E-state index < -0.39 is 0 Å². The zero-order valence-corrected chi connectivity index (χ0v) is 33.9. The average Bonchev–Trinajstić information content (AvgIpc) is 3.86. The van der Waals surface area contributed by atoms with E-state index in [4.69, 9.17) is 10.2 Å². The van der Waals surface area contributed by atoms with Gasteiger partial charge in [0, 0.05) is 0 Å². The Morgan fingerprint density at radius 2 is 0.966 bits per heavy atom. The molecule has 0 amide bonds. The summed E-state index contributed by atoms with van der Waals surface area (Å²) in [4.78, 5) is 0. The summed E-state index contributed by atoms with van der Waals surface area (Å²) in [5.41, 5.74) is 21.4. The van der Waals surface area contributed by atoms with Crippen LogP contribution in [0.15, 0.2) is 176 Å². The Labute approximate surface area is 344 Å². The zero-order valence-electron chi connectivity index (χ0n) is 32.2. The third-order valence-electron chi connectivity index (χ3n) is 12.0. The number of aromatic nitrogens is 3. The fourth-order valence-electron chi connectivity index (χ4n) is 9.38. The molecule has 3 nitrogen and oxygen atoms in total. The second kappa shape index (κ2) is 14.0. The van der Waals surface area contributed by atoms with E-state index in [1.54, 1.807) is 0 Å². The quantitative estimate of drug-likeness (QED) is 0.157. The van der Waals surface area contributed by atoms with Crippen LogP contribution < -0.4 is 0 Å². The van der Waals surface area contributed by atoms with Crippen molar-refractivity contribution >= 4 is 33.8 Å². The number of fused-ring (bicyclic) bond motifs is 6. The molecule has 0 N–H and O–H groups in total. The Kier molecular flexibility index (Phi) is 8.36. The van der Waals surface area contributed by atoms with Crippen LogP contribution in [-0.4, -0.2) is 29.9 Å². The van der Waals surface area contributed by atoms with Gasteiger partial charge in [-0.3, -0.25) is 0 Å². The first kappa shape index (κ1) is 34.5. The van der Waals surface area contributed by atoms with Crippen LogP contribution in [0, 0.1) is 13.8 Å². The van der Waals surface area contributed by atoms with Crippen LogP contribution >= 0.6 is 0 Å². The number of hydrogen-bond donors (Lipinski definition) is 0. The summed E-state index contributed by atoms with van der Waals surface area (Å²) in [5, 5.41) is 16.8. The number of benzene rings is 8. The van der Waals surface area contributed by atoms with E-state index in [1.807, 2.05) is 6.07 Å². The molecule has 10 aromatic rings. The summed E-state index contributed by atoms with van der Waals surface area (Å²) in [6.07, 6.45) is 0.884. The molecule has 1 aliphatic carbocycles. The third-order valence-corrected chi connectivity index (χ3v) is 14.4. The summed E-state index contributed by atoms with van der Waals surface area (Å²) in [6, 6.07) is 63.6. The van der Waals surface area contributed by atoms with Gasteiger partial charge in [0.1, 0.15) is 0 Å². The molecule has 0 fully saturated rings. The van der Waals surface area contributed by atoms with E-state index in [0.29, 0.717) is 0 Å². The third kappa shape index (κ3) is 5.44. The molecule has 0 unspecified atom stereocenters. The molecule has 0 spiro atoms. The Bertz CT molecular complexity index is 3200. The van der Waals surface area contributed by atoms with Crippen LogP contribution in [0.5, 0.6) is 0 Å². The van der Waals surface area contributed by atoms with Crippen LogP contribution in [0.3, 0.4) is 0 Å². The molecule has 8 aromatic carbocycles. The Balaban J connectivity index is 1.27. The van der Waals surface area contributed by atoms with Gasteiger partial charge in [-0.05, 0) is 0 Å². The second-order valence-corrected chi connectivity index (χ2v) is 17.4. The minimum atomic E-state index is 0.181. The van der Waals surface area contributed by atoms with Gasteiger partial charge in [-0.15, -0.1) is 0 Å². The molecule has 0 atom stereocenters. The van der Waals surface area contributed by atoms with Crippen LogP contribution in [0.25, 0.3) is 97.4 Å². The van der Waals surface area contributed by atoms with Crippen molar-refractivity contribution in [2.75, 3.05) is 0 Å². The van der Waals surface area contributed by atoms with Crippen LogP contribution in [0.4, 0.5) is 0 Å². The van der Waals surface area contributed by atoms with E-state index >= 15 is 0 Å². The van der Waals surface area contributed by atoms with Gasteiger partial charge in [-0.1, -0.05) is 0 Å². The average molecular weight is 807 g/mol. The fourth-order valence-corrected chi connectivity index (χ4v) is 11.7. The predicted molar refractivity (Wildman–Crippen MR) is 242 cm³/mol. The molecular formula is C54H37N3Se. The maximum absolute atomic E-state index is 4.94. The number of hydrogen-bond acceptors (Lipinski definition) is 3. The Morgan fingerprint density at radius 1 is 0.397 bits per heavy atom. The normalized spacial score (nSPS) is 11.9. The summed E-state index contributed by atoms with van der Waals surface area (Å²) in [7, 11) is 0. The molecule has 0 saturated carbocycles. The molecule has 2 heterocycles. The number of nitrogens with zero attached hydrogens (tertiary/aromatic N) is 3. The van der Waals surface area contributed by atoms with Gasteiger partial charge in [-0.25, -0.2) is 0 Å². The second-order valence-electron chi connectivity index (χ2n) is 15.2. The topological polar surface area (TPSA) is 38.7 Å². The summed E-state index contributed by atoms with van der Waals surface area (Å²) in [6.45, 7) is 4.67. The predicted octanol–water partition coefficient (Wildman–Crippen LogP) is 13.4. The van der Waals surface area contributed by atoms with Gasteiger partial charge in [0.2, 0.25) is 0 Å². The van der Waals surface area contributed by atoms with Crippen molar-refractivity contribution in [2.45, 2.75) is 20.3 Å². The van der Waals surface area contributed by atoms with Crippen LogP contribution in [0.2, 0.25) is 0 Å². The van der Waals surface area contributed by atoms with Crippen molar-refractivity contribution in [3.63, 3.8) is 0 Å². The van der Waals surface area contributed by atoms with E-state index in [9.17, 15) is 0 Å². The van der Waals surface area contributed by atoms with E-state index in [-0.39, 0.29) is 14.5 Å². The fraction of sp³-hybridized carbons (Fsp3) is 0.0556. The first-order chi connectivity index (χ1) is 28.7. The van der Waals surface area contributed by atoms with Crippen molar-refractivity contribution in [2.24, 2.45) is 0 Å². The molecule has 58 heavy (non-hydrogen) atoms. The molecule has 0 aliphatic heterocycles. The SMILES string of the molecule is Cc1c(C)c(-c2ccccc2)c2c(c1-c1ccc3[se]c4ccccc4c3c1-c1ccccc1-c1nnnc(-c3ccccc3)c1-c1ccccc1)Cc1ccccc1-2. The maximum atomic E-state index is 4.94. The minimum absolute atomic E-state index is 0.181. The summed E-state index contributed by atoms with van der Waals surface area (Å²) < 4.78 is 2.83. The molecule has 11 rings (SSSR count). The molecule has 1 aliphatic rings. The monoisotopic (exact) mass is 807 g/mol. The first-order valence-electron chi connectivity index (χ1n) is 19.8. The van der Waals surface area contributed by atoms with Gasteiger partial charge in [0.05, 0.1) is 0 Å². The van der Waals surface area contributed by atoms with Gasteiger partial charge in [0.25, 0.3) is 0 Å². The van der Waals surface area contributed by atoms with Gasteiger partial charge in [-0.2, -0.15) is 0 Å². The summed E-state index contributed by atoms with van der Waals surface area (Å²) >= 11 is 0.181. The number of rotatable bonds is 6. The van der Waals surface area contributed by atoms with E-state index in [0.717, 1.165) is 45.6 Å². The molecule has 0 bridgehead atoms. The van der Waals surface area contributed by atoms with E-state index in [1.165, 1.54) is 80.5 Å². The van der Waals surface area contributed by atoms with Crippen molar-refractivity contribution in [3.8, 4) is 78.1 Å². The molecule has 0 saturated heterocycles. The molecule has 0 radical (unpaired) electrons.